The summed E-state index contributed by atoms with van der Waals surface area (Å²) in [6, 6.07) is 11.6. The van der Waals surface area contributed by atoms with Crippen LogP contribution in [0.3, 0.4) is 0 Å². The van der Waals surface area contributed by atoms with E-state index in [1.54, 1.807) is 6.08 Å². The smallest absolute Gasteiger partial charge is 0.248 e. The first-order valence-electron chi connectivity index (χ1n) is 7.89. The van der Waals surface area contributed by atoms with Crippen LogP contribution < -0.4 is 10.2 Å². The molecule has 1 amide bonds. The Morgan fingerprint density at radius 1 is 1.22 bits per heavy atom. The van der Waals surface area contributed by atoms with Crippen LogP contribution in [0.15, 0.2) is 46.9 Å². The number of nitrogens with zero attached hydrogens (tertiary/aromatic N) is 1. The van der Waals surface area contributed by atoms with Crippen LogP contribution in [-0.4, -0.2) is 20.0 Å². The lowest BCUT2D eigenvalue weighted by atomic mass is 10.2. The van der Waals surface area contributed by atoms with Crippen LogP contribution in [0.5, 0.6) is 0 Å². The van der Waals surface area contributed by atoms with Gasteiger partial charge in [-0.1, -0.05) is 6.92 Å². The zero-order valence-electron chi connectivity index (χ0n) is 13.7. The molecule has 1 fully saturated rings. The van der Waals surface area contributed by atoms with Crippen LogP contribution in [-0.2, 0) is 4.79 Å². The molecule has 1 aromatic heterocycles. The maximum absolute atomic E-state index is 12.0. The topological polar surface area (TPSA) is 45.5 Å². The molecular formula is C19H22N2O2. The molecule has 23 heavy (non-hydrogen) atoms. The first-order valence-corrected chi connectivity index (χ1v) is 7.89. The predicted octanol–water partition coefficient (Wildman–Crippen LogP) is 4.12. The van der Waals surface area contributed by atoms with E-state index in [4.69, 9.17) is 4.42 Å². The van der Waals surface area contributed by atoms with Gasteiger partial charge in [-0.25, -0.2) is 0 Å². The Morgan fingerprint density at radius 2 is 1.91 bits per heavy atom. The van der Waals surface area contributed by atoms with E-state index < -0.39 is 0 Å². The highest BCUT2D eigenvalue weighted by atomic mass is 16.3. The maximum Gasteiger partial charge on any atom is 0.248 e. The first-order chi connectivity index (χ1) is 11.0. The largest absolute Gasteiger partial charge is 0.461 e. The van der Waals surface area contributed by atoms with E-state index in [2.05, 4.69) is 12.2 Å². The average molecular weight is 310 g/mol. The van der Waals surface area contributed by atoms with Gasteiger partial charge in [0.1, 0.15) is 11.5 Å². The summed E-state index contributed by atoms with van der Waals surface area (Å²) in [5.74, 6) is 2.85. The highest BCUT2D eigenvalue weighted by Crippen LogP contribution is 2.47. The minimum atomic E-state index is -0.166. The molecule has 1 saturated carbocycles. The van der Waals surface area contributed by atoms with Gasteiger partial charge < -0.3 is 14.6 Å². The average Bonchev–Trinajstić information content (AvgIpc) is 3.08. The Hall–Kier alpha value is -2.49. The molecule has 4 nitrogen and oxygen atoms in total. The van der Waals surface area contributed by atoms with Crippen LogP contribution in [0.2, 0.25) is 0 Å². The van der Waals surface area contributed by atoms with Crippen molar-refractivity contribution in [3.8, 4) is 0 Å². The van der Waals surface area contributed by atoms with Gasteiger partial charge in [0.25, 0.3) is 0 Å². The normalized spacial score (nSPS) is 19.8. The van der Waals surface area contributed by atoms with Gasteiger partial charge in [-0.05, 0) is 54.8 Å². The van der Waals surface area contributed by atoms with Crippen LogP contribution >= 0.6 is 0 Å². The zero-order valence-corrected chi connectivity index (χ0v) is 13.7. The number of rotatable bonds is 5. The molecule has 1 N–H and O–H groups in total. The van der Waals surface area contributed by atoms with Crippen molar-refractivity contribution < 1.29 is 9.21 Å². The third-order valence-corrected chi connectivity index (χ3v) is 4.17. The lowest BCUT2D eigenvalue weighted by Gasteiger charge is -2.12. The summed E-state index contributed by atoms with van der Waals surface area (Å²) in [6.45, 7) is 2.22. The highest BCUT2D eigenvalue weighted by molar-refractivity contribution is 6.01. The molecule has 120 valence electrons. The second kappa shape index (κ2) is 6.32. The van der Waals surface area contributed by atoms with Crippen LogP contribution in [0.4, 0.5) is 11.4 Å². The van der Waals surface area contributed by atoms with E-state index >= 15 is 0 Å². The first kappa shape index (κ1) is 15.4. The van der Waals surface area contributed by atoms with E-state index in [9.17, 15) is 4.79 Å². The van der Waals surface area contributed by atoms with Gasteiger partial charge >= 0.3 is 0 Å². The second-order valence-corrected chi connectivity index (χ2v) is 6.32. The summed E-state index contributed by atoms with van der Waals surface area (Å²) in [5, 5.41) is 2.84. The van der Waals surface area contributed by atoms with Gasteiger partial charge in [-0.15, -0.1) is 0 Å². The van der Waals surface area contributed by atoms with Crippen molar-refractivity contribution in [3.63, 3.8) is 0 Å². The third-order valence-electron chi connectivity index (χ3n) is 4.17. The van der Waals surface area contributed by atoms with Crippen LogP contribution in [0.25, 0.3) is 6.08 Å². The zero-order chi connectivity index (χ0) is 16.4. The number of amides is 1. The minimum absolute atomic E-state index is 0.166. The summed E-state index contributed by atoms with van der Waals surface area (Å²) < 4.78 is 5.75. The monoisotopic (exact) mass is 310 g/mol. The van der Waals surface area contributed by atoms with Gasteiger partial charge in [-0.3, -0.25) is 4.79 Å². The molecule has 0 saturated heterocycles. The van der Waals surface area contributed by atoms with E-state index in [1.165, 1.54) is 12.5 Å². The quantitative estimate of drug-likeness (QED) is 0.845. The number of carbonyl (C=O) groups is 1. The fourth-order valence-electron chi connectivity index (χ4n) is 2.56. The summed E-state index contributed by atoms with van der Waals surface area (Å²) in [7, 11) is 3.96. The van der Waals surface area contributed by atoms with E-state index in [0.717, 1.165) is 22.9 Å². The number of anilines is 2. The van der Waals surface area contributed by atoms with Crippen LogP contribution in [0, 0.1) is 5.92 Å². The molecular weight excluding hydrogens is 288 g/mol. The van der Waals surface area contributed by atoms with Crippen molar-refractivity contribution >= 4 is 23.4 Å². The second-order valence-electron chi connectivity index (χ2n) is 6.32. The minimum Gasteiger partial charge on any atom is -0.461 e. The molecule has 1 aliphatic rings. The molecule has 0 radical (unpaired) electrons. The summed E-state index contributed by atoms with van der Waals surface area (Å²) in [6.07, 6.45) is 4.40. The van der Waals surface area contributed by atoms with Crippen molar-refractivity contribution in [2.75, 3.05) is 24.3 Å². The summed E-state index contributed by atoms with van der Waals surface area (Å²) in [4.78, 5) is 14.0. The van der Waals surface area contributed by atoms with Crippen LogP contribution in [0.1, 0.15) is 30.8 Å². The molecule has 2 aromatic rings. The molecule has 1 aromatic carbocycles. The Balaban J connectivity index is 1.57. The molecule has 0 aliphatic heterocycles. The molecule has 2 atom stereocenters. The van der Waals surface area contributed by atoms with Gasteiger partial charge in [0.2, 0.25) is 5.91 Å². The van der Waals surface area contributed by atoms with Gasteiger partial charge in [-0.2, -0.15) is 0 Å². The molecule has 3 rings (SSSR count). The lowest BCUT2D eigenvalue weighted by molar-refractivity contribution is -0.111. The number of hydrogen-bond donors (Lipinski definition) is 1. The SMILES string of the molecule is CC1CC1c1ccc(/C=C/C(=O)Nc2ccc(N(C)C)cc2)o1. The fourth-order valence-corrected chi connectivity index (χ4v) is 2.56. The standard InChI is InChI=1S/C19H22N2O2/c1-13-12-17(13)18-10-8-16(23-18)9-11-19(22)20-14-4-6-15(7-5-14)21(2)3/h4-11,13,17H,12H2,1-3H3,(H,20,22)/b11-9+. The predicted molar refractivity (Wildman–Crippen MR) is 93.7 cm³/mol. The van der Waals surface area contributed by atoms with E-state index in [1.807, 2.05) is 55.4 Å². The van der Waals surface area contributed by atoms with E-state index in [0.29, 0.717) is 11.8 Å². The molecule has 0 spiro atoms. The van der Waals surface area contributed by atoms with E-state index in [-0.39, 0.29) is 5.91 Å². The highest BCUT2D eigenvalue weighted by Gasteiger charge is 2.36. The number of carbonyl (C=O) groups excluding carboxylic acids is 1. The van der Waals surface area contributed by atoms with Gasteiger partial charge in [0.05, 0.1) is 0 Å². The van der Waals surface area contributed by atoms with Crippen molar-refractivity contribution in [1.82, 2.24) is 0 Å². The van der Waals surface area contributed by atoms with Gasteiger partial charge in [0, 0.05) is 37.5 Å². The Bertz CT molecular complexity index is 713. The number of furan rings is 1. The maximum atomic E-state index is 12.0. The van der Waals surface area contributed by atoms with Gasteiger partial charge in [0.15, 0.2) is 0 Å². The molecule has 1 aliphatic carbocycles. The molecule has 4 heteroatoms. The van der Waals surface area contributed by atoms with Crippen molar-refractivity contribution in [2.24, 2.45) is 5.92 Å². The number of hydrogen-bond acceptors (Lipinski definition) is 3. The summed E-state index contributed by atoms with van der Waals surface area (Å²) in [5.41, 5.74) is 1.87. The lowest BCUT2D eigenvalue weighted by Crippen LogP contribution is -2.10. The van der Waals surface area contributed by atoms with Crippen molar-refractivity contribution in [3.05, 3.63) is 54.0 Å². The Kier molecular flexibility index (Phi) is 4.24. The summed E-state index contributed by atoms with van der Waals surface area (Å²) >= 11 is 0. The third kappa shape index (κ3) is 3.83. The van der Waals surface area contributed by atoms with Crippen molar-refractivity contribution in [2.45, 2.75) is 19.3 Å². The molecule has 2 unspecified atom stereocenters. The fraction of sp³-hybridized carbons (Fsp3) is 0.316. The van der Waals surface area contributed by atoms with Crippen molar-refractivity contribution in [1.29, 1.82) is 0 Å². The molecule has 0 bridgehead atoms. The molecule has 1 heterocycles. The Labute approximate surface area is 136 Å². The Morgan fingerprint density at radius 3 is 2.52 bits per heavy atom. The number of benzene rings is 1. The number of nitrogens with one attached hydrogen (secondary N) is 1.